The molecule has 13 aromatic rings. The molecule has 0 aliphatic rings. The molecule has 0 aliphatic carbocycles. The molecule has 0 aliphatic heterocycles. The number of fused-ring (bicyclic) bond motifs is 10. The molecular weight excluding hydrogens is 787 g/mol. The van der Waals surface area contributed by atoms with E-state index in [1.807, 2.05) is 18.2 Å². The molecule has 3 nitrogen and oxygen atoms in total. The van der Waals surface area contributed by atoms with E-state index in [1.54, 1.807) is 0 Å². The molecule has 0 atom stereocenters. The number of aromatic nitrogens is 3. The van der Waals surface area contributed by atoms with Crippen molar-refractivity contribution in [1.82, 2.24) is 14.5 Å². The standard InChI is InChI=1S/C62H39N3/c1-3-14-40(15-4-1)42-26-28-43(29-27-42)57-39-58(64-62(63-57)44-17-5-2-6-18-44)47-32-35-55-56(37-47)51-21-10-9-20-50(51)54-24-13-23-49(61(54)55)46-31-34-53-52-22-11-12-25-59(52)65(60(53)38-46)48-33-30-41-16-7-8-19-45(41)36-48/h1-39H. The first-order chi connectivity index (χ1) is 32.2. The topological polar surface area (TPSA) is 30.7 Å². The number of rotatable bonds is 6. The van der Waals surface area contributed by atoms with Crippen LogP contribution in [0.25, 0.3) is 127 Å². The highest BCUT2D eigenvalue weighted by Crippen LogP contribution is 2.43. The van der Waals surface area contributed by atoms with Crippen LogP contribution in [0.5, 0.6) is 0 Å². The average Bonchev–Trinajstić information content (AvgIpc) is 3.72. The van der Waals surface area contributed by atoms with Gasteiger partial charge in [-0.15, -0.1) is 0 Å². The van der Waals surface area contributed by atoms with Gasteiger partial charge in [-0.2, -0.15) is 0 Å². The molecule has 0 bridgehead atoms. The normalized spacial score (nSPS) is 11.7. The highest BCUT2D eigenvalue weighted by atomic mass is 15.0. The zero-order valence-corrected chi connectivity index (χ0v) is 35.4. The Labute approximate surface area is 376 Å². The Hall–Kier alpha value is -8.66. The molecule has 0 radical (unpaired) electrons. The molecule has 2 aromatic heterocycles. The zero-order valence-electron chi connectivity index (χ0n) is 35.4. The summed E-state index contributed by atoms with van der Waals surface area (Å²) in [5, 5.41) is 12.3. The largest absolute Gasteiger partial charge is 0.309 e. The smallest absolute Gasteiger partial charge is 0.160 e. The number of benzene rings is 11. The fraction of sp³-hybridized carbons (Fsp3) is 0. The first-order valence-electron chi connectivity index (χ1n) is 22.2. The maximum absolute atomic E-state index is 5.26. The van der Waals surface area contributed by atoms with E-state index >= 15 is 0 Å². The van der Waals surface area contributed by atoms with Crippen LogP contribution in [0.15, 0.2) is 237 Å². The summed E-state index contributed by atoms with van der Waals surface area (Å²) >= 11 is 0. The summed E-state index contributed by atoms with van der Waals surface area (Å²) in [7, 11) is 0. The van der Waals surface area contributed by atoms with Crippen molar-refractivity contribution in [1.29, 1.82) is 0 Å². The number of hydrogen-bond acceptors (Lipinski definition) is 2. The summed E-state index contributed by atoms with van der Waals surface area (Å²) in [6, 6.07) is 85.4. The molecule has 0 spiro atoms. The van der Waals surface area contributed by atoms with Gasteiger partial charge in [-0.05, 0) is 102 Å². The summed E-state index contributed by atoms with van der Waals surface area (Å²) in [4.78, 5) is 10.4. The quantitative estimate of drug-likeness (QED) is 0.156. The van der Waals surface area contributed by atoms with E-state index in [1.165, 1.54) is 87.1 Å². The summed E-state index contributed by atoms with van der Waals surface area (Å²) in [5.74, 6) is 0.701. The third-order valence-electron chi connectivity index (χ3n) is 13.2. The third-order valence-corrected chi connectivity index (χ3v) is 13.2. The monoisotopic (exact) mass is 825 g/mol. The van der Waals surface area contributed by atoms with Crippen LogP contribution in [-0.4, -0.2) is 14.5 Å². The molecule has 3 heteroatoms. The Bertz CT molecular complexity index is 3980. The van der Waals surface area contributed by atoms with Crippen molar-refractivity contribution in [2.75, 3.05) is 0 Å². The highest BCUT2D eigenvalue weighted by molar-refractivity contribution is 6.29. The van der Waals surface area contributed by atoms with Gasteiger partial charge in [0.1, 0.15) is 0 Å². The molecule has 0 unspecified atom stereocenters. The lowest BCUT2D eigenvalue weighted by Gasteiger charge is -2.16. The van der Waals surface area contributed by atoms with Gasteiger partial charge in [-0.25, -0.2) is 9.97 Å². The van der Waals surface area contributed by atoms with Crippen molar-refractivity contribution in [2.24, 2.45) is 0 Å². The lowest BCUT2D eigenvalue weighted by molar-refractivity contribution is 1.18. The van der Waals surface area contributed by atoms with E-state index in [0.29, 0.717) is 5.82 Å². The van der Waals surface area contributed by atoms with E-state index in [2.05, 4.69) is 223 Å². The van der Waals surface area contributed by atoms with Crippen molar-refractivity contribution in [3.05, 3.63) is 237 Å². The maximum Gasteiger partial charge on any atom is 0.160 e. The van der Waals surface area contributed by atoms with Crippen molar-refractivity contribution in [2.45, 2.75) is 0 Å². The van der Waals surface area contributed by atoms with Crippen LogP contribution in [0.4, 0.5) is 0 Å². The summed E-state index contributed by atoms with van der Waals surface area (Å²) in [6.07, 6.45) is 0. The van der Waals surface area contributed by atoms with Gasteiger partial charge < -0.3 is 4.57 Å². The molecule has 13 rings (SSSR count). The van der Waals surface area contributed by atoms with Gasteiger partial charge in [0.2, 0.25) is 0 Å². The minimum absolute atomic E-state index is 0.701. The van der Waals surface area contributed by atoms with Crippen LogP contribution in [0, 0.1) is 0 Å². The second kappa shape index (κ2) is 15.0. The lowest BCUT2D eigenvalue weighted by atomic mass is 9.88. The minimum Gasteiger partial charge on any atom is -0.309 e. The van der Waals surface area contributed by atoms with Crippen LogP contribution in [-0.2, 0) is 0 Å². The highest BCUT2D eigenvalue weighted by Gasteiger charge is 2.19. The molecule has 0 saturated carbocycles. The van der Waals surface area contributed by atoms with Gasteiger partial charge >= 0.3 is 0 Å². The first-order valence-corrected chi connectivity index (χ1v) is 22.2. The summed E-state index contributed by atoms with van der Waals surface area (Å²) < 4.78 is 2.43. The van der Waals surface area contributed by atoms with Gasteiger partial charge in [0.25, 0.3) is 0 Å². The zero-order chi connectivity index (χ0) is 42.8. The Morgan fingerprint density at radius 2 is 0.831 bits per heavy atom. The molecule has 302 valence electrons. The van der Waals surface area contributed by atoms with Crippen LogP contribution in [0.2, 0.25) is 0 Å². The van der Waals surface area contributed by atoms with Gasteiger partial charge in [0.15, 0.2) is 5.82 Å². The van der Waals surface area contributed by atoms with Crippen LogP contribution >= 0.6 is 0 Å². The molecule has 11 aromatic carbocycles. The number of para-hydroxylation sites is 1. The van der Waals surface area contributed by atoms with Crippen molar-refractivity contribution >= 4 is 64.9 Å². The van der Waals surface area contributed by atoms with E-state index in [-0.39, 0.29) is 0 Å². The van der Waals surface area contributed by atoms with Crippen molar-refractivity contribution < 1.29 is 0 Å². The molecule has 0 N–H and O–H groups in total. The second-order valence-corrected chi connectivity index (χ2v) is 16.9. The predicted octanol–water partition coefficient (Wildman–Crippen LogP) is 16.5. The van der Waals surface area contributed by atoms with E-state index in [4.69, 9.17) is 9.97 Å². The van der Waals surface area contributed by atoms with E-state index in [0.717, 1.165) is 33.8 Å². The van der Waals surface area contributed by atoms with Gasteiger partial charge in [-0.3, -0.25) is 0 Å². The molecule has 0 fully saturated rings. The molecular formula is C62H39N3. The Balaban J connectivity index is 1.00. The number of hydrogen-bond donors (Lipinski definition) is 0. The lowest BCUT2D eigenvalue weighted by Crippen LogP contribution is -1.96. The van der Waals surface area contributed by atoms with Gasteiger partial charge in [0.05, 0.1) is 22.4 Å². The predicted molar refractivity (Wildman–Crippen MR) is 274 cm³/mol. The molecule has 2 heterocycles. The fourth-order valence-corrected chi connectivity index (χ4v) is 10.1. The van der Waals surface area contributed by atoms with Gasteiger partial charge in [0, 0.05) is 33.2 Å². The minimum atomic E-state index is 0.701. The van der Waals surface area contributed by atoms with Crippen molar-refractivity contribution in [3.8, 4) is 61.8 Å². The number of nitrogens with zero attached hydrogens (tertiary/aromatic N) is 3. The van der Waals surface area contributed by atoms with Crippen LogP contribution < -0.4 is 0 Å². The summed E-state index contributed by atoms with van der Waals surface area (Å²) in [6.45, 7) is 0. The van der Waals surface area contributed by atoms with Crippen molar-refractivity contribution in [3.63, 3.8) is 0 Å². The van der Waals surface area contributed by atoms with Gasteiger partial charge in [-0.1, -0.05) is 200 Å². The first kappa shape index (κ1) is 36.9. The third kappa shape index (κ3) is 6.20. The molecule has 65 heavy (non-hydrogen) atoms. The second-order valence-electron chi connectivity index (χ2n) is 16.9. The average molecular weight is 826 g/mol. The van der Waals surface area contributed by atoms with E-state index in [9.17, 15) is 0 Å². The van der Waals surface area contributed by atoms with E-state index < -0.39 is 0 Å². The van der Waals surface area contributed by atoms with Crippen LogP contribution in [0.1, 0.15) is 0 Å². The fourth-order valence-electron chi connectivity index (χ4n) is 10.1. The summed E-state index contributed by atoms with van der Waals surface area (Å²) in [5.41, 5.74) is 13.1. The maximum atomic E-state index is 5.26. The SMILES string of the molecule is c1ccc(-c2ccc(-c3cc(-c4ccc5c(c4)c4ccccc4c4cccc(-c6ccc7c8ccccc8n(-c8ccc9ccccc9c8)c7c6)c45)nc(-c4ccccc4)n3)cc2)cc1. The Morgan fingerprint density at radius 3 is 1.63 bits per heavy atom. The molecule has 0 amide bonds. The Kier molecular flexibility index (Phi) is 8.53. The Morgan fingerprint density at radius 1 is 0.277 bits per heavy atom. The van der Waals surface area contributed by atoms with Crippen LogP contribution in [0.3, 0.4) is 0 Å². The molecule has 0 saturated heterocycles.